The summed E-state index contributed by atoms with van der Waals surface area (Å²) >= 11 is 0. The van der Waals surface area contributed by atoms with Gasteiger partial charge in [0.2, 0.25) is 0 Å². The molecule has 1 atom stereocenters. The summed E-state index contributed by atoms with van der Waals surface area (Å²) in [6.45, 7) is 6.23. The Hall–Kier alpha value is -0.680. The Bertz CT molecular complexity index is 399. The third-order valence-electron chi connectivity index (χ3n) is 3.59. The number of hydrogen-bond donors (Lipinski definition) is 2. The summed E-state index contributed by atoms with van der Waals surface area (Å²) in [6.07, 6.45) is 0.987. The number of phenolic OH excluding ortho intramolecular Hbond substituents is 1. The lowest BCUT2D eigenvalue weighted by Crippen LogP contribution is -2.45. The Balaban J connectivity index is 0.00000180. The molecule has 1 aliphatic heterocycles. The van der Waals surface area contributed by atoms with Gasteiger partial charge >= 0.3 is 0 Å². The Morgan fingerprint density at radius 3 is 2.50 bits per heavy atom. The first-order valence-corrected chi connectivity index (χ1v) is 6.58. The SMILES string of the molecule is CC[C@@H](c1cccc(OC)c1O)N1CCNCC1.Cl.Cl. The third-order valence-corrected chi connectivity index (χ3v) is 3.59. The maximum Gasteiger partial charge on any atom is 0.162 e. The largest absolute Gasteiger partial charge is 0.504 e. The number of methoxy groups -OCH3 is 1. The minimum atomic E-state index is 0. The van der Waals surface area contributed by atoms with Crippen LogP contribution in [0, 0.1) is 0 Å². The van der Waals surface area contributed by atoms with Crippen molar-refractivity contribution < 1.29 is 9.84 Å². The van der Waals surface area contributed by atoms with E-state index in [4.69, 9.17) is 4.74 Å². The average molecular weight is 323 g/mol. The molecule has 0 spiro atoms. The first-order valence-electron chi connectivity index (χ1n) is 6.58. The van der Waals surface area contributed by atoms with E-state index in [1.165, 1.54) is 0 Å². The lowest BCUT2D eigenvalue weighted by atomic mass is 10.0. The van der Waals surface area contributed by atoms with Gasteiger partial charge in [-0.15, -0.1) is 24.8 Å². The molecule has 0 bridgehead atoms. The molecule has 1 heterocycles. The van der Waals surface area contributed by atoms with E-state index in [2.05, 4.69) is 17.1 Å². The van der Waals surface area contributed by atoms with Gasteiger partial charge in [0.05, 0.1) is 7.11 Å². The highest BCUT2D eigenvalue weighted by atomic mass is 35.5. The predicted molar refractivity (Wildman–Crippen MR) is 86.6 cm³/mol. The van der Waals surface area contributed by atoms with Gasteiger partial charge in [-0.1, -0.05) is 19.1 Å². The van der Waals surface area contributed by atoms with Gasteiger partial charge < -0.3 is 15.2 Å². The van der Waals surface area contributed by atoms with Crippen LogP contribution in [-0.2, 0) is 0 Å². The molecule has 20 heavy (non-hydrogen) atoms. The number of aromatic hydroxyl groups is 1. The van der Waals surface area contributed by atoms with Crippen molar-refractivity contribution in [1.29, 1.82) is 0 Å². The summed E-state index contributed by atoms with van der Waals surface area (Å²) in [7, 11) is 1.59. The zero-order chi connectivity index (χ0) is 13.0. The van der Waals surface area contributed by atoms with Crippen LogP contribution >= 0.6 is 24.8 Å². The fourth-order valence-electron chi connectivity index (χ4n) is 2.64. The van der Waals surface area contributed by atoms with Crippen LogP contribution in [0.15, 0.2) is 18.2 Å². The molecule has 4 nitrogen and oxygen atoms in total. The van der Waals surface area contributed by atoms with E-state index in [1.54, 1.807) is 13.2 Å². The van der Waals surface area contributed by atoms with E-state index in [0.29, 0.717) is 5.75 Å². The van der Waals surface area contributed by atoms with Crippen LogP contribution in [0.5, 0.6) is 11.5 Å². The number of piperazine rings is 1. The van der Waals surface area contributed by atoms with Gasteiger partial charge in [0.15, 0.2) is 11.5 Å². The molecule has 1 fully saturated rings. The fraction of sp³-hybridized carbons (Fsp3) is 0.571. The smallest absolute Gasteiger partial charge is 0.162 e. The first-order chi connectivity index (χ1) is 8.77. The van der Waals surface area contributed by atoms with Crippen LogP contribution in [0.25, 0.3) is 0 Å². The molecule has 1 aliphatic rings. The highest BCUT2D eigenvalue weighted by molar-refractivity contribution is 5.85. The molecule has 0 saturated carbocycles. The normalized spacial score (nSPS) is 16.7. The van der Waals surface area contributed by atoms with Gasteiger partial charge in [0.25, 0.3) is 0 Å². The quantitative estimate of drug-likeness (QED) is 0.894. The van der Waals surface area contributed by atoms with Crippen LogP contribution in [0.2, 0.25) is 0 Å². The molecule has 2 rings (SSSR count). The molecule has 0 aromatic heterocycles. The molecule has 6 heteroatoms. The Labute approximate surface area is 133 Å². The summed E-state index contributed by atoms with van der Waals surface area (Å²) < 4.78 is 5.19. The minimum Gasteiger partial charge on any atom is -0.504 e. The van der Waals surface area contributed by atoms with Gasteiger partial charge in [-0.25, -0.2) is 0 Å². The van der Waals surface area contributed by atoms with Crippen molar-refractivity contribution in [2.75, 3.05) is 33.3 Å². The van der Waals surface area contributed by atoms with Crippen LogP contribution in [-0.4, -0.2) is 43.3 Å². The Kier molecular flexibility index (Phi) is 8.98. The second-order valence-corrected chi connectivity index (χ2v) is 4.61. The molecule has 0 unspecified atom stereocenters. The maximum atomic E-state index is 10.3. The number of rotatable bonds is 4. The number of para-hydroxylation sites is 1. The van der Waals surface area contributed by atoms with Crippen LogP contribution in [0.4, 0.5) is 0 Å². The standard InChI is InChI=1S/C14H22N2O2.2ClH/c1-3-12(16-9-7-15-8-10-16)11-5-4-6-13(18-2)14(11)17;;/h4-6,12,15,17H,3,7-10H2,1-2H3;2*1H/t12-;;/m0../s1. The van der Waals surface area contributed by atoms with Gasteiger partial charge in [-0.3, -0.25) is 4.90 Å². The van der Waals surface area contributed by atoms with Crippen LogP contribution < -0.4 is 10.1 Å². The number of nitrogens with zero attached hydrogens (tertiary/aromatic N) is 1. The number of benzene rings is 1. The zero-order valence-corrected chi connectivity index (χ0v) is 13.6. The van der Waals surface area contributed by atoms with E-state index in [1.807, 2.05) is 12.1 Å². The molecule has 1 saturated heterocycles. The predicted octanol–water partition coefficient (Wildman–Crippen LogP) is 2.60. The minimum absolute atomic E-state index is 0. The molecular formula is C14H24Cl2N2O2. The van der Waals surface area contributed by atoms with Crippen molar-refractivity contribution in [2.24, 2.45) is 0 Å². The molecule has 116 valence electrons. The summed E-state index contributed by atoms with van der Waals surface area (Å²) in [5.41, 5.74) is 0.971. The summed E-state index contributed by atoms with van der Waals surface area (Å²) in [5, 5.41) is 13.6. The van der Waals surface area contributed by atoms with E-state index < -0.39 is 0 Å². The van der Waals surface area contributed by atoms with Crippen LogP contribution in [0.1, 0.15) is 24.9 Å². The molecular weight excluding hydrogens is 299 g/mol. The molecule has 1 aromatic carbocycles. The van der Waals surface area contributed by atoms with Gasteiger partial charge in [0.1, 0.15) is 0 Å². The van der Waals surface area contributed by atoms with Crippen molar-refractivity contribution in [3.05, 3.63) is 23.8 Å². The third kappa shape index (κ3) is 4.16. The number of halogens is 2. The lowest BCUT2D eigenvalue weighted by molar-refractivity contribution is 0.166. The van der Waals surface area contributed by atoms with Gasteiger partial charge in [0, 0.05) is 37.8 Å². The number of ether oxygens (including phenoxy) is 1. The Morgan fingerprint density at radius 2 is 1.95 bits per heavy atom. The molecule has 2 N–H and O–H groups in total. The summed E-state index contributed by atoms with van der Waals surface area (Å²) in [6, 6.07) is 6.00. The van der Waals surface area contributed by atoms with Crippen molar-refractivity contribution in [3.63, 3.8) is 0 Å². The summed E-state index contributed by atoms with van der Waals surface area (Å²) in [4.78, 5) is 2.42. The fourth-order valence-corrected chi connectivity index (χ4v) is 2.64. The highest BCUT2D eigenvalue weighted by Gasteiger charge is 2.23. The zero-order valence-electron chi connectivity index (χ0n) is 12.0. The lowest BCUT2D eigenvalue weighted by Gasteiger charge is -2.35. The Morgan fingerprint density at radius 1 is 1.30 bits per heavy atom. The van der Waals surface area contributed by atoms with Gasteiger partial charge in [-0.2, -0.15) is 0 Å². The molecule has 0 radical (unpaired) electrons. The van der Waals surface area contributed by atoms with Gasteiger partial charge in [-0.05, 0) is 12.5 Å². The monoisotopic (exact) mass is 322 g/mol. The van der Waals surface area contributed by atoms with Crippen molar-refractivity contribution in [3.8, 4) is 11.5 Å². The number of nitrogens with one attached hydrogen (secondary N) is 1. The first kappa shape index (κ1) is 19.3. The van der Waals surface area contributed by atoms with E-state index in [-0.39, 0.29) is 36.6 Å². The van der Waals surface area contributed by atoms with E-state index in [0.717, 1.165) is 38.2 Å². The van der Waals surface area contributed by atoms with E-state index in [9.17, 15) is 5.11 Å². The molecule has 0 amide bonds. The number of hydrogen-bond acceptors (Lipinski definition) is 4. The second kappa shape index (κ2) is 9.29. The average Bonchev–Trinajstić information content (AvgIpc) is 2.43. The van der Waals surface area contributed by atoms with Crippen LogP contribution in [0.3, 0.4) is 0 Å². The van der Waals surface area contributed by atoms with Crippen molar-refractivity contribution >= 4 is 24.8 Å². The van der Waals surface area contributed by atoms with Crippen molar-refractivity contribution in [2.45, 2.75) is 19.4 Å². The number of phenols is 1. The second-order valence-electron chi connectivity index (χ2n) is 4.61. The van der Waals surface area contributed by atoms with Crippen molar-refractivity contribution in [1.82, 2.24) is 10.2 Å². The highest BCUT2D eigenvalue weighted by Crippen LogP contribution is 2.37. The summed E-state index contributed by atoms with van der Waals surface area (Å²) in [5.74, 6) is 0.839. The maximum absolute atomic E-state index is 10.3. The molecule has 1 aromatic rings. The molecule has 0 aliphatic carbocycles. The topological polar surface area (TPSA) is 44.7 Å². The van der Waals surface area contributed by atoms with E-state index >= 15 is 0 Å².